The molecule has 0 saturated carbocycles. The van der Waals surface area contributed by atoms with Crippen LogP contribution in [0.15, 0.2) is 41.4 Å². The van der Waals surface area contributed by atoms with Crippen molar-refractivity contribution < 1.29 is 0 Å². The first-order valence-electron chi connectivity index (χ1n) is 7.37. The van der Waals surface area contributed by atoms with Gasteiger partial charge < -0.3 is 15.5 Å². The zero-order valence-electron chi connectivity index (χ0n) is 12.5. The number of halogens is 1. The molecule has 0 unspecified atom stereocenters. The van der Waals surface area contributed by atoms with Gasteiger partial charge in [-0.3, -0.25) is 4.99 Å². The summed E-state index contributed by atoms with van der Waals surface area (Å²) < 4.78 is 0. The van der Waals surface area contributed by atoms with Gasteiger partial charge in [0.1, 0.15) is 0 Å². The third kappa shape index (κ3) is 4.67. The highest BCUT2D eigenvalue weighted by molar-refractivity contribution is 6.30. The van der Waals surface area contributed by atoms with E-state index in [2.05, 4.69) is 33.0 Å². The minimum absolute atomic E-state index is 0.662. The molecule has 1 fully saturated rings. The number of guanidine groups is 1. The zero-order valence-corrected chi connectivity index (χ0v) is 13.3. The quantitative estimate of drug-likeness (QED) is 0.403. The molecule has 0 atom stereocenters. The van der Waals surface area contributed by atoms with Gasteiger partial charge in [-0.15, -0.1) is 0 Å². The summed E-state index contributed by atoms with van der Waals surface area (Å²) >= 11 is 5.92. The van der Waals surface area contributed by atoms with Gasteiger partial charge in [0, 0.05) is 43.4 Å². The number of aliphatic imine (C=N–C) groups is 1. The number of rotatable bonds is 4. The standard InChI is InChI=1S/C16H23ClN4/c1-2-3-4-9-19-16(18)21-12-10-20(11-13-21)15-7-5-14(17)6-8-15/h2-3,5-8H,4,9-13H2,1H3,(H2,18,19)/b3-2+. The number of nitrogens with zero attached hydrogens (tertiary/aromatic N) is 3. The fourth-order valence-corrected chi connectivity index (χ4v) is 2.49. The molecular weight excluding hydrogens is 284 g/mol. The summed E-state index contributed by atoms with van der Waals surface area (Å²) in [5.41, 5.74) is 7.26. The van der Waals surface area contributed by atoms with Crippen molar-refractivity contribution in [2.24, 2.45) is 10.7 Å². The molecule has 114 valence electrons. The van der Waals surface area contributed by atoms with Crippen molar-refractivity contribution in [3.05, 3.63) is 41.4 Å². The average molecular weight is 307 g/mol. The molecular formula is C16H23ClN4. The molecule has 0 aliphatic carbocycles. The molecule has 2 rings (SSSR count). The summed E-state index contributed by atoms with van der Waals surface area (Å²) in [5.74, 6) is 0.662. The Morgan fingerprint density at radius 1 is 1.24 bits per heavy atom. The SMILES string of the molecule is C/C=C/CCN=C(N)N1CCN(c2ccc(Cl)cc2)CC1. The first-order valence-corrected chi connectivity index (χ1v) is 7.75. The number of allylic oxidation sites excluding steroid dienone is 1. The molecule has 1 heterocycles. The summed E-state index contributed by atoms with van der Waals surface area (Å²) in [6.45, 7) is 6.49. The Labute approximate surface area is 131 Å². The third-order valence-electron chi connectivity index (χ3n) is 3.60. The Morgan fingerprint density at radius 3 is 2.52 bits per heavy atom. The Kier molecular flexibility index (Phi) is 5.93. The maximum Gasteiger partial charge on any atom is 0.191 e. The molecule has 1 aliphatic rings. The number of nitrogens with two attached hydrogens (primary N) is 1. The monoisotopic (exact) mass is 306 g/mol. The van der Waals surface area contributed by atoms with Crippen molar-refractivity contribution in [1.29, 1.82) is 0 Å². The molecule has 1 aromatic carbocycles. The van der Waals surface area contributed by atoms with Crippen LogP contribution in [-0.4, -0.2) is 43.6 Å². The Morgan fingerprint density at radius 2 is 1.90 bits per heavy atom. The van der Waals surface area contributed by atoms with Gasteiger partial charge >= 0.3 is 0 Å². The van der Waals surface area contributed by atoms with Crippen LogP contribution in [0.3, 0.4) is 0 Å². The van der Waals surface area contributed by atoms with Gasteiger partial charge in [-0.2, -0.15) is 0 Å². The van der Waals surface area contributed by atoms with Crippen molar-refractivity contribution in [1.82, 2.24) is 4.90 Å². The van der Waals surface area contributed by atoms with E-state index in [0.29, 0.717) is 5.96 Å². The second kappa shape index (κ2) is 7.93. The number of anilines is 1. The first kappa shape index (κ1) is 15.7. The average Bonchev–Trinajstić information content (AvgIpc) is 2.52. The maximum atomic E-state index is 6.05. The summed E-state index contributed by atoms with van der Waals surface area (Å²) in [7, 11) is 0. The zero-order chi connectivity index (χ0) is 15.1. The van der Waals surface area contributed by atoms with Crippen molar-refractivity contribution in [3.8, 4) is 0 Å². The van der Waals surface area contributed by atoms with E-state index in [-0.39, 0.29) is 0 Å². The lowest BCUT2D eigenvalue weighted by molar-refractivity contribution is 0.381. The predicted molar refractivity (Wildman–Crippen MR) is 91.2 cm³/mol. The van der Waals surface area contributed by atoms with Crippen molar-refractivity contribution >= 4 is 23.2 Å². The number of hydrogen-bond acceptors (Lipinski definition) is 2. The second-order valence-electron chi connectivity index (χ2n) is 5.05. The van der Waals surface area contributed by atoms with E-state index in [1.54, 1.807) is 0 Å². The molecule has 1 aliphatic heterocycles. The van der Waals surface area contributed by atoms with Gasteiger partial charge in [0.2, 0.25) is 0 Å². The van der Waals surface area contributed by atoms with Crippen molar-refractivity contribution in [2.45, 2.75) is 13.3 Å². The largest absolute Gasteiger partial charge is 0.370 e. The predicted octanol–water partition coefficient (Wildman–Crippen LogP) is 2.74. The lowest BCUT2D eigenvalue weighted by Gasteiger charge is -2.36. The summed E-state index contributed by atoms with van der Waals surface area (Å²) in [6.07, 6.45) is 5.09. The van der Waals surface area contributed by atoms with Crippen molar-refractivity contribution in [3.63, 3.8) is 0 Å². The van der Waals surface area contributed by atoms with Gasteiger partial charge in [0.15, 0.2) is 5.96 Å². The van der Waals surface area contributed by atoms with Crippen LogP contribution in [-0.2, 0) is 0 Å². The molecule has 1 aromatic rings. The van der Waals surface area contributed by atoms with Crippen LogP contribution in [0, 0.1) is 0 Å². The minimum atomic E-state index is 0.662. The van der Waals surface area contributed by atoms with Gasteiger partial charge in [-0.1, -0.05) is 23.8 Å². The normalized spacial score (nSPS) is 16.8. The Hall–Kier alpha value is -1.68. The van der Waals surface area contributed by atoms with Gasteiger partial charge in [-0.05, 0) is 37.6 Å². The molecule has 0 radical (unpaired) electrons. The van der Waals surface area contributed by atoms with Crippen LogP contribution in [0.25, 0.3) is 0 Å². The minimum Gasteiger partial charge on any atom is -0.370 e. The number of hydrogen-bond donors (Lipinski definition) is 1. The van der Waals surface area contributed by atoms with E-state index in [1.165, 1.54) is 5.69 Å². The van der Waals surface area contributed by atoms with Gasteiger partial charge in [-0.25, -0.2) is 0 Å². The molecule has 0 bridgehead atoms. The van der Waals surface area contributed by atoms with Crippen LogP contribution in [0.2, 0.25) is 5.02 Å². The van der Waals surface area contributed by atoms with Crippen LogP contribution >= 0.6 is 11.6 Å². The Bertz CT molecular complexity index is 488. The lowest BCUT2D eigenvalue weighted by Crippen LogP contribution is -2.51. The van der Waals surface area contributed by atoms with E-state index in [9.17, 15) is 0 Å². The van der Waals surface area contributed by atoms with E-state index in [1.807, 2.05) is 25.1 Å². The highest BCUT2D eigenvalue weighted by Crippen LogP contribution is 2.19. The van der Waals surface area contributed by atoms with Crippen LogP contribution in [0.5, 0.6) is 0 Å². The molecule has 2 N–H and O–H groups in total. The molecule has 4 nitrogen and oxygen atoms in total. The summed E-state index contributed by atoms with van der Waals surface area (Å²) in [5, 5.41) is 0.773. The molecule has 1 saturated heterocycles. The second-order valence-corrected chi connectivity index (χ2v) is 5.48. The van der Waals surface area contributed by atoms with E-state index >= 15 is 0 Å². The first-order chi connectivity index (χ1) is 10.2. The molecule has 0 amide bonds. The van der Waals surface area contributed by atoms with Gasteiger partial charge in [0.25, 0.3) is 0 Å². The van der Waals surface area contributed by atoms with E-state index in [4.69, 9.17) is 17.3 Å². The van der Waals surface area contributed by atoms with E-state index < -0.39 is 0 Å². The fourth-order valence-electron chi connectivity index (χ4n) is 2.37. The highest BCUT2D eigenvalue weighted by Gasteiger charge is 2.18. The Balaban J connectivity index is 1.83. The van der Waals surface area contributed by atoms with E-state index in [0.717, 1.165) is 44.2 Å². The van der Waals surface area contributed by atoms with Crippen LogP contribution < -0.4 is 10.6 Å². The number of piperazine rings is 1. The topological polar surface area (TPSA) is 44.9 Å². The van der Waals surface area contributed by atoms with Gasteiger partial charge in [0.05, 0.1) is 0 Å². The molecule has 5 heteroatoms. The number of benzene rings is 1. The maximum absolute atomic E-state index is 6.05. The smallest absolute Gasteiger partial charge is 0.191 e. The summed E-state index contributed by atoms with van der Waals surface area (Å²) in [4.78, 5) is 8.93. The van der Waals surface area contributed by atoms with Crippen LogP contribution in [0.4, 0.5) is 5.69 Å². The molecule has 21 heavy (non-hydrogen) atoms. The molecule has 0 spiro atoms. The molecule has 0 aromatic heterocycles. The van der Waals surface area contributed by atoms with Crippen molar-refractivity contribution in [2.75, 3.05) is 37.6 Å². The summed E-state index contributed by atoms with van der Waals surface area (Å²) in [6, 6.07) is 7.99. The highest BCUT2D eigenvalue weighted by atomic mass is 35.5. The van der Waals surface area contributed by atoms with Crippen LogP contribution in [0.1, 0.15) is 13.3 Å². The fraction of sp³-hybridized carbons (Fsp3) is 0.438. The third-order valence-corrected chi connectivity index (χ3v) is 3.85. The lowest BCUT2D eigenvalue weighted by atomic mass is 10.2.